The highest BCUT2D eigenvalue weighted by Crippen LogP contribution is 2.42. The minimum atomic E-state index is 0.854. The predicted octanol–water partition coefficient (Wildman–Crippen LogP) is 9.26. The minimum Gasteiger partial charge on any atom is -0.296 e. The molecule has 2 aromatic heterocycles. The van der Waals surface area contributed by atoms with Gasteiger partial charge < -0.3 is 0 Å². The van der Waals surface area contributed by atoms with E-state index in [0.29, 0.717) is 0 Å². The number of benzene rings is 6. The van der Waals surface area contributed by atoms with Crippen LogP contribution in [-0.4, -0.2) is 14.5 Å². The van der Waals surface area contributed by atoms with Crippen molar-refractivity contribution in [3.63, 3.8) is 0 Å². The van der Waals surface area contributed by atoms with E-state index in [-0.39, 0.29) is 0 Å². The van der Waals surface area contributed by atoms with E-state index < -0.39 is 0 Å². The van der Waals surface area contributed by atoms with Crippen LogP contribution in [0, 0.1) is 0 Å². The third-order valence-electron chi connectivity index (χ3n) is 7.90. The van der Waals surface area contributed by atoms with E-state index in [1.165, 1.54) is 37.7 Å². The van der Waals surface area contributed by atoms with Gasteiger partial charge in [0.2, 0.25) is 0 Å². The number of aryl methyl sites for hydroxylation is 1. The van der Waals surface area contributed by atoms with Crippen molar-refractivity contribution < 1.29 is 0 Å². The van der Waals surface area contributed by atoms with E-state index in [1.54, 1.807) is 0 Å². The first-order valence-corrected chi connectivity index (χ1v) is 13.5. The molecule has 0 N–H and O–H groups in total. The average molecular weight is 500 g/mol. The molecule has 0 saturated heterocycles. The third kappa shape index (κ3) is 3.23. The fourth-order valence-electron chi connectivity index (χ4n) is 6.23. The number of nitrogens with zero attached hydrogens (tertiary/aromatic N) is 3. The zero-order valence-electron chi connectivity index (χ0n) is 21.6. The van der Waals surface area contributed by atoms with Gasteiger partial charge in [0, 0.05) is 33.8 Å². The summed E-state index contributed by atoms with van der Waals surface area (Å²) in [5, 5.41) is 8.66. The molecule has 0 aliphatic carbocycles. The van der Waals surface area contributed by atoms with Crippen LogP contribution in [0.4, 0.5) is 0 Å². The monoisotopic (exact) mass is 499 g/mol. The van der Waals surface area contributed by atoms with Gasteiger partial charge in [0.1, 0.15) is 5.82 Å². The van der Waals surface area contributed by atoms with Crippen LogP contribution < -0.4 is 0 Å². The molecule has 3 nitrogen and oxygen atoms in total. The zero-order chi connectivity index (χ0) is 25.9. The van der Waals surface area contributed by atoms with E-state index in [0.717, 1.165) is 45.7 Å². The molecule has 8 rings (SSSR count). The van der Waals surface area contributed by atoms with Crippen LogP contribution in [0.3, 0.4) is 0 Å². The molecule has 0 atom stereocenters. The summed E-state index contributed by atoms with van der Waals surface area (Å²) >= 11 is 0. The summed E-state index contributed by atoms with van der Waals surface area (Å²) in [4.78, 5) is 10.3. The summed E-state index contributed by atoms with van der Waals surface area (Å²) in [6.45, 7) is 2.16. The lowest BCUT2D eigenvalue weighted by Gasteiger charge is -2.17. The minimum absolute atomic E-state index is 0.854. The predicted molar refractivity (Wildman–Crippen MR) is 164 cm³/mol. The molecule has 0 spiro atoms. The Kier molecular flexibility index (Phi) is 4.80. The molecular formula is C36H25N3. The van der Waals surface area contributed by atoms with E-state index in [4.69, 9.17) is 9.97 Å². The molecule has 0 amide bonds. The van der Waals surface area contributed by atoms with Crippen molar-refractivity contribution in [3.05, 3.63) is 127 Å². The summed E-state index contributed by atoms with van der Waals surface area (Å²) in [6.07, 6.45) is 0.854. The molecule has 184 valence electrons. The first-order valence-electron chi connectivity index (χ1n) is 13.5. The lowest BCUT2D eigenvalue weighted by molar-refractivity contribution is 0.908. The molecule has 0 unspecified atom stereocenters. The van der Waals surface area contributed by atoms with Gasteiger partial charge in [-0.1, -0.05) is 97.9 Å². The first kappa shape index (κ1) is 22.0. The van der Waals surface area contributed by atoms with Crippen LogP contribution in [0.2, 0.25) is 0 Å². The van der Waals surface area contributed by atoms with Crippen LogP contribution >= 0.6 is 0 Å². The van der Waals surface area contributed by atoms with Gasteiger partial charge in [0.15, 0.2) is 0 Å². The Morgan fingerprint density at radius 1 is 0.538 bits per heavy atom. The summed E-state index contributed by atoms with van der Waals surface area (Å²) in [5.41, 5.74) is 6.36. The number of rotatable bonds is 3. The molecule has 0 aliphatic rings. The maximum Gasteiger partial charge on any atom is 0.114 e. The number of para-hydroxylation sites is 3. The number of hydrogen-bond acceptors (Lipinski definition) is 2. The van der Waals surface area contributed by atoms with Crippen LogP contribution in [0.5, 0.6) is 0 Å². The number of aromatic nitrogens is 3. The SMILES string of the molecule is CCc1nc2ccccc2n1-c1cccc(-c2nc3ccccc3c3c4ccccc4c4ccccc4c23)c1. The van der Waals surface area contributed by atoms with Gasteiger partial charge in [-0.2, -0.15) is 0 Å². The maximum atomic E-state index is 5.33. The maximum absolute atomic E-state index is 5.33. The second-order valence-electron chi connectivity index (χ2n) is 10.1. The number of imidazole rings is 1. The van der Waals surface area contributed by atoms with E-state index >= 15 is 0 Å². The Morgan fingerprint density at radius 3 is 1.90 bits per heavy atom. The Bertz CT molecular complexity index is 2220. The van der Waals surface area contributed by atoms with Crippen molar-refractivity contribution in [1.29, 1.82) is 0 Å². The van der Waals surface area contributed by atoms with E-state index in [9.17, 15) is 0 Å². The molecule has 2 heterocycles. The molecule has 6 aromatic carbocycles. The summed E-state index contributed by atoms with van der Waals surface area (Å²) in [5.74, 6) is 1.06. The molecular weight excluding hydrogens is 474 g/mol. The van der Waals surface area contributed by atoms with Crippen molar-refractivity contribution in [2.75, 3.05) is 0 Å². The zero-order valence-corrected chi connectivity index (χ0v) is 21.6. The summed E-state index contributed by atoms with van der Waals surface area (Å²) in [6, 6.07) is 43.2. The highest BCUT2D eigenvalue weighted by atomic mass is 15.1. The lowest BCUT2D eigenvalue weighted by Crippen LogP contribution is -2.00. The van der Waals surface area contributed by atoms with Gasteiger partial charge in [0.25, 0.3) is 0 Å². The lowest BCUT2D eigenvalue weighted by atomic mass is 9.90. The Labute approximate surface area is 226 Å². The van der Waals surface area contributed by atoms with Crippen molar-refractivity contribution in [1.82, 2.24) is 14.5 Å². The van der Waals surface area contributed by atoms with Crippen LogP contribution in [0.25, 0.3) is 71.2 Å². The van der Waals surface area contributed by atoms with Crippen molar-refractivity contribution in [2.45, 2.75) is 13.3 Å². The molecule has 0 fully saturated rings. The van der Waals surface area contributed by atoms with E-state index in [1.807, 2.05) is 0 Å². The van der Waals surface area contributed by atoms with E-state index in [2.05, 4.69) is 133 Å². The largest absolute Gasteiger partial charge is 0.296 e. The quantitative estimate of drug-likeness (QED) is 0.227. The number of pyridine rings is 1. The Hall–Kier alpha value is -5.02. The standard InChI is InChI=1S/C36H25N3/c1-2-33-37-31-20-9-10-21-32(31)39(33)24-13-11-12-23(22-24)36-35-28-17-6-4-15-26(28)25-14-3-5-16-27(25)34(35)29-18-7-8-19-30(29)38-36/h3-22H,2H2,1H3. The second-order valence-corrected chi connectivity index (χ2v) is 10.1. The fraction of sp³-hybridized carbons (Fsp3) is 0.0556. The van der Waals surface area contributed by atoms with Gasteiger partial charge in [-0.25, -0.2) is 9.97 Å². The van der Waals surface area contributed by atoms with Crippen LogP contribution in [0.15, 0.2) is 121 Å². The van der Waals surface area contributed by atoms with Crippen molar-refractivity contribution in [3.8, 4) is 16.9 Å². The van der Waals surface area contributed by atoms with Crippen molar-refractivity contribution in [2.24, 2.45) is 0 Å². The molecule has 0 aliphatic heterocycles. The van der Waals surface area contributed by atoms with Crippen LogP contribution in [0.1, 0.15) is 12.7 Å². The molecule has 39 heavy (non-hydrogen) atoms. The number of fused-ring (bicyclic) bond motifs is 9. The third-order valence-corrected chi connectivity index (χ3v) is 7.90. The van der Waals surface area contributed by atoms with Crippen molar-refractivity contribution >= 4 is 54.3 Å². The molecule has 8 aromatic rings. The molecule has 0 radical (unpaired) electrons. The summed E-state index contributed by atoms with van der Waals surface area (Å²) in [7, 11) is 0. The Morgan fingerprint density at radius 2 is 1.15 bits per heavy atom. The fourth-order valence-corrected chi connectivity index (χ4v) is 6.23. The summed E-state index contributed by atoms with van der Waals surface area (Å²) < 4.78 is 2.29. The molecule has 0 saturated carbocycles. The average Bonchev–Trinajstić information content (AvgIpc) is 3.39. The highest BCUT2D eigenvalue weighted by molar-refractivity contribution is 6.33. The van der Waals surface area contributed by atoms with Gasteiger partial charge >= 0.3 is 0 Å². The molecule has 0 bridgehead atoms. The topological polar surface area (TPSA) is 30.7 Å². The van der Waals surface area contributed by atoms with Gasteiger partial charge in [-0.3, -0.25) is 4.57 Å². The normalized spacial score (nSPS) is 11.8. The molecule has 3 heteroatoms. The van der Waals surface area contributed by atoms with Gasteiger partial charge in [-0.15, -0.1) is 0 Å². The van der Waals surface area contributed by atoms with Gasteiger partial charge in [0.05, 0.1) is 22.2 Å². The smallest absolute Gasteiger partial charge is 0.114 e. The Balaban J connectivity index is 1.52. The van der Waals surface area contributed by atoms with Crippen LogP contribution in [-0.2, 0) is 6.42 Å². The number of hydrogen-bond donors (Lipinski definition) is 0. The second kappa shape index (κ2) is 8.50. The highest BCUT2D eigenvalue weighted by Gasteiger charge is 2.18. The van der Waals surface area contributed by atoms with Gasteiger partial charge in [-0.05, 0) is 51.9 Å². The first-order chi connectivity index (χ1) is 19.3.